The summed E-state index contributed by atoms with van der Waals surface area (Å²) in [5.41, 5.74) is 2.56. The number of ether oxygens (including phenoxy) is 1. The molecule has 1 aromatic heterocycles. The van der Waals surface area contributed by atoms with Crippen molar-refractivity contribution in [1.82, 2.24) is 14.8 Å². The monoisotopic (exact) mass is 313 g/mol. The zero-order valence-electron chi connectivity index (χ0n) is 13.4. The molecule has 5 nitrogen and oxygen atoms in total. The van der Waals surface area contributed by atoms with E-state index in [1.54, 1.807) is 4.90 Å². The number of carbonyl (C=O) groups excluding carboxylic acids is 1. The molecule has 1 aliphatic rings. The number of nitrogens with zero attached hydrogens (tertiary/aromatic N) is 2. The fourth-order valence-electron chi connectivity index (χ4n) is 2.97. The quantitative estimate of drug-likeness (QED) is 0.922. The fourth-order valence-corrected chi connectivity index (χ4v) is 2.97. The predicted octanol–water partition coefficient (Wildman–Crippen LogP) is 2.47. The van der Waals surface area contributed by atoms with E-state index in [9.17, 15) is 4.79 Å². The van der Waals surface area contributed by atoms with E-state index >= 15 is 0 Å². The van der Waals surface area contributed by atoms with Crippen molar-refractivity contribution < 1.29 is 9.53 Å². The number of hydrogen-bond acceptors (Lipinski definition) is 3. The SMILES string of the molecule is COC(=O)N1CC[C@H](NCc2ccn(Cc3ccccc3)c2)C1. The summed E-state index contributed by atoms with van der Waals surface area (Å²) in [7, 11) is 1.43. The molecule has 1 saturated heterocycles. The van der Waals surface area contributed by atoms with Gasteiger partial charge in [-0.1, -0.05) is 30.3 Å². The van der Waals surface area contributed by atoms with Gasteiger partial charge in [0.1, 0.15) is 0 Å². The first kappa shape index (κ1) is 15.6. The number of amides is 1. The molecule has 0 unspecified atom stereocenters. The Bertz CT molecular complexity index is 639. The van der Waals surface area contributed by atoms with Crippen molar-refractivity contribution >= 4 is 6.09 Å². The Morgan fingerprint density at radius 2 is 2.09 bits per heavy atom. The van der Waals surface area contributed by atoms with Gasteiger partial charge in [0, 0.05) is 44.6 Å². The average Bonchev–Trinajstić information content (AvgIpc) is 3.22. The van der Waals surface area contributed by atoms with Crippen molar-refractivity contribution in [3.05, 3.63) is 59.9 Å². The number of hydrogen-bond donors (Lipinski definition) is 1. The standard InChI is InChI=1S/C18H23N3O2/c1-23-18(22)21-10-8-17(14-21)19-11-16-7-9-20(13-16)12-15-5-3-2-4-6-15/h2-7,9,13,17,19H,8,10-12,14H2,1H3/t17-/m0/s1. The maximum Gasteiger partial charge on any atom is 0.409 e. The van der Waals surface area contributed by atoms with E-state index < -0.39 is 0 Å². The van der Waals surface area contributed by atoms with Crippen LogP contribution in [0.1, 0.15) is 17.5 Å². The number of carbonyl (C=O) groups is 1. The van der Waals surface area contributed by atoms with Gasteiger partial charge in [-0.15, -0.1) is 0 Å². The molecule has 3 rings (SSSR count). The molecule has 1 aliphatic heterocycles. The summed E-state index contributed by atoms with van der Waals surface area (Å²) in [5, 5.41) is 3.52. The van der Waals surface area contributed by atoms with E-state index in [1.165, 1.54) is 18.2 Å². The van der Waals surface area contributed by atoms with E-state index in [-0.39, 0.29) is 6.09 Å². The Balaban J connectivity index is 1.47. The van der Waals surface area contributed by atoms with Crippen LogP contribution in [0, 0.1) is 0 Å². The summed E-state index contributed by atoms with van der Waals surface area (Å²) in [6.07, 6.45) is 5.02. The third kappa shape index (κ3) is 4.13. The highest BCUT2D eigenvalue weighted by atomic mass is 16.5. The molecule has 1 fully saturated rings. The molecule has 1 atom stereocenters. The first-order chi connectivity index (χ1) is 11.2. The van der Waals surface area contributed by atoms with Crippen LogP contribution in [-0.4, -0.2) is 41.8 Å². The smallest absolute Gasteiger partial charge is 0.409 e. The second kappa shape index (κ2) is 7.33. The first-order valence-electron chi connectivity index (χ1n) is 7.99. The Hall–Kier alpha value is -2.27. The molecule has 0 spiro atoms. The molecule has 2 heterocycles. The van der Waals surface area contributed by atoms with E-state index in [4.69, 9.17) is 4.74 Å². The number of rotatable bonds is 5. The second-order valence-corrected chi connectivity index (χ2v) is 5.96. The lowest BCUT2D eigenvalue weighted by Gasteiger charge is -2.15. The highest BCUT2D eigenvalue weighted by molar-refractivity contribution is 5.67. The van der Waals surface area contributed by atoms with Crippen LogP contribution in [0.2, 0.25) is 0 Å². The lowest BCUT2D eigenvalue weighted by molar-refractivity contribution is 0.132. The van der Waals surface area contributed by atoms with Crippen LogP contribution >= 0.6 is 0 Å². The molecule has 0 aliphatic carbocycles. The predicted molar refractivity (Wildman–Crippen MR) is 89.2 cm³/mol. The Morgan fingerprint density at radius 3 is 2.87 bits per heavy atom. The van der Waals surface area contributed by atoms with Crippen LogP contribution in [0.4, 0.5) is 4.79 Å². The van der Waals surface area contributed by atoms with Gasteiger partial charge in [-0.05, 0) is 23.6 Å². The lowest BCUT2D eigenvalue weighted by atomic mass is 10.2. The number of benzene rings is 1. The van der Waals surface area contributed by atoms with Crippen LogP contribution < -0.4 is 5.32 Å². The highest BCUT2D eigenvalue weighted by Gasteiger charge is 2.26. The Kier molecular flexibility index (Phi) is 4.98. The normalized spacial score (nSPS) is 17.4. The number of nitrogens with one attached hydrogen (secondary N) is 1. The third-order valence-electron chi connectivity index (χ3n) is 4.24. The molecule has 23 heavy (non-hydrogen) atoms. The van der Waals surface area contributed by atoms with E-state index in [0.29, 0.717) is 6.04 Å². The minimum Gasteiger partial charge on any atom is -0.453 e. The third-order valence-corrected chi connectivity index (χ3v) is 4.24. The minimum absolute atomic E-state index is 0.233. The number of likely N-dealkylation sites (tertiary alicyclic amines) is 1. The van der Waals surface area contributed by atoms with Gasteiger partial charge < -0.3 is 19.5 Å². The highest BCUT2D eigenvalue weighted by Crippen LogP contribution is 2.12. The van der Waals surface area contributed by atoms with Gasteiger partial charge in [0.25, 0.3) is 0 Å². The molecule has 0 bridgehead atoms. The van der Waals surface area contributed by atoms with Crippen LogP contribution in [-0.2, 0) is 17.8 Å². The fraction of sp³-hybridized carbons (Fsp3) is 0.389. The number of methoxy groups -OCH3 is 1. The van der Waals surface area contributed by atoms with Crippen molar-refractivity contribution in [1.29, 1.82) is 0 Å². The topological polar surface area (TPSA) is 46.5 Å². The van der Waals surface area contributed by atoms with Crippen molar-refractivity contribution in [3.63, 3.8) is 0 Å². The molecule has 0 saturated carbocycles. The van der Waals surface area contributed by atoms with Gasteiger partial charge in [-0.3, -0.25) is 0 Å². The second-order valence-electron chi connectivity index (χ2n) is 5.96. The van der Waals surface area contributed by atoms with Crippen molar-refractivity contribution in [3.8, 4) is 0 Å². The van der Waals surface area contributed by atoms with Crippen LogP contribution in [0.15, 0.2) is 48.8 Å². The van der Waals surface area contributed by atoms with Gasteiger partial charge in [0.15, 0.2) is 0 Å². The van der Waals surface area contributed by atoms with Crippen LogP contribution in [0.5, 0.6) is 0 Å². The van der Waals surface area contributed by atoms with E-state index in [2.05, 4.69) is 52.6 Å². The largest absolute Gasteiger partial charge is 0.453 e. The maximum atomic E-state index is 11.5. The molecular formula is C18H23N3O2. The van der Waals surface area contributed by atoms with Gasteiger partial charge in [-0.25, -0.2) is 4.79 Å². The molecule has 122 valence electrons. The summed E-state index contributed by atoms with van der Waals surface area (Å²) in [6, 6.07) is 12.9. The van der Waals surface area contributed by atoms with Gasteiger partial charge >= 0.3 is 6.09 Å². The van der Waals surface area contributed by atoms with Gasteiger partial charge in [0.05, 0.1) is 7.11 Å². The van der Waals surface area contributed by atoms with E-state index in [0.717, 1.165) is 32.6 Å². The molecule has 1 amide bonds. The molecule has 1 N–H and O–H groups in total. The van der Waals surface area contributed by atoms with Crippen molar-refractivity contribution in [2.45, 2.75) is 25.6 Å². The molecule has 0 radical (unpaired) electrons. The summed E-state index contributed by atoms with van der Waals surface area (Å²) in [5.74, 6) is 0. The van der Waals surface area contributed by atoms with Gasteiger partial charge in [-0.2, -0.15) is 0 Å². The summed E-state index contributed by atoms with van der Waals surface area (Å²) < 4.78 is 6.96. The zero-order valence-corrected chi connectivity index (χ0v) is 13.4. The molecule has 5 heteroatoms. The van der Waals surface area contributed by atoms with Crippen molar-refractivity contribution in [2.24, 2.45) is 0 Å². The summed E-state index contributed by atoms with van der Waals surface area (Å²) in [4.78, 5) is 13.2. The van der Waals surface area contributed by atoms with Crippen LogP contribution in [0.25, 0.3) is 0 Å². The summed E-state index contributed by atoms with van der Waals surface area (Å²) in [6.45, 7) is 3.19. The molecule has 1 aromatic carbocycles. The number of aromatic nitrogens is 1. The Labute approximate surface area is 136 Å². The lowest BCUT2D eigenvalue weighted by Crippen LogP contribution is -2.34. The molecular weight excluding hydrogens is 290 g/mol. The maximum absolute atomic E-state index is 11.5. The first-order valence-corrected chi connectivity index (χ1v) is 7.99. The summed E-state index contributed by atoms with van der Waals surface area (Å²) >= 11 is 0. The minimum atomic E-state index is -0.233. The average molecular weight is 313 g/mol. The van der Waals surface area contributed by atoms with Crippen molar-refractivity contribution in [2.75, 3.05) is 20.2 Å². The Morgan fingerprint density at radius 1 is 1.26 bits per heavy atom. The van der Waals surface area contributed by atoms with Crippen LogP contribution in [0.3, 0.4) is 0 Å². The van der Waals surface area contributed by atoms with E-state index in [1.807, 2.05) is 6.07 Å². The molecule has 2 aromatic rings. The zero-order chi connectivity index (χ0) is 16.1. The van der Waals surface area contributed by atoms with Gasteiger partial charge in [0.2, 0.25) is 0 Å².